The van der Waals surface area contributed by atoms with Crippen molar-refractivity contribution in [1.29, 1.82) is 0 Å². The normalized spacial score (nSPS) is 11.5. The average molecular weight is 322 g/mol. The number of benzene rings is 1. The van der Waals surface area contributed by atoms with Gasteiger partial charge in [0.15, 0.2) is 0 Å². The van der Waals surface area contributed by atoms with Gasteiger partial charge in [-0.05, 0) is 38.2 Å². The molecule has 23 heavy (non-hydrogen) atoms. The molecule has 0 saturated heterocycles. The van der Waals surface area contributed by atoms with Crippen molar-refractivity contribution in [3.05, 3.63) is 24.3 Å². The van der Waals surface area contributed by atoms with Crippen LogP contribution in [-0.4, -0.2) is 56.5 Å². The van der Waals surface area contributed by atoms with E-state index in [1.807, 2.05) is 0 Å². The van der Waals surface area contributed by atoms with Gasteiger partial charge in [-0.1, -0.05) is 0 Å². The molecule has 126 valence electrons. The summed E-state index contributed by atoms with van der Waals surface area (Å²) in [6, 6.07) is 5.70. The fourth-order valence-corrected chi connectivity index (χ4v) is 1.72. The Morgan fingerprint density at radius 2 is 1.83 bits per heavy atom. The highest BCUT2D eigenvalue weighted by Crippen LogP contribution is 2.14. The third-order valence-electron chi connectivity index (χ3n) is 3.27. The summed E-state index contributed by atoms with van der Waals surface area (Å²) in [6.07, 6.45) is 0. The van der Waals surface area contributed by atoms with Crippen LogP contribution in [0.1, 0.15) is 6.92 Å². The second kappa shape index (κ2) is 8.74. The number of urea groups is 1. The van der Waals surface area contributed by atoms with Crippen molar-refractivity contribution in [1.82, 2.24) is 15.5 Å². The molecule has 0 heterocycles. The summed E-state index contributed by atoms with van der Waals surface area (Å²) in [7, 11) is 4.61. The number of methoxy groups -OCH3 is 1. The minimum absolute atomic E-state index is 0.00829. The van der Waals surface area contributed by atoms with Crippen LogP contribution in [0.25, 0.3) is 0 Å². The first-order valence-corrected chi connectivity index (χ1v) is 7.04. The number of anilines is 1. The minimum Gasteiger partial charge on any atom is -0.497 e. The maximum absolute atomic E-state index is 12.0. The number of rotatable bonds is 6. The summed E-state index contributed by atoms with van der Waals surface area (Å²) in [4.78, 5) is 36.4. The second-order valence-electron chi connectivity index (χ2n) is 4.94. The standard InChI is InChI=1S/C15H22N4O4/c1-10(14(21)18-15(22)16-2)19(3)9-13(20)17-11-5-7-12(23-4)8-6-11/h5-8,10H,9H2,1-4H3,(H,17,20)(H2,16,18,21,22)/t10-/m1/s1. The number of likely N-dealkylation sites (N-methyl/N-ethyl adjacent to an activating group) is 1. The van der Waals surface area contributed by atoms with Gasteiger partial charge in [-0.15, -0.1) is 0 Å². The molecule has 8 heteroatoms. The van der Waals surface area contributed by atoms with E-state index in [1.165, 1.54) is 11.9 Å². The Morgan fingerprint density at radius 3 is 2.35 bits per heavy atom. The minimum atomic E-state index is -0.631. The lowest BCUT2D eigenvalue weighted by Gasteiger charge is -2.22. The van der Waals surface area contributed by atoms with Crippen molar-refractivity contribution in [2.45, 2.75) is 13.0 Å². The summed E-state index contributed by atoms with van der Waals surface area (Å²) in [5.74, 6) is -0.0547. The summed E-state index contributed by atoms with van der Waals surface area (Å²) >= 11 is 0. The zero-order valence-corrected chi connectivity index (χ0v) is 13.7. The lowest BCUT2D eigenvalue weighted by Crippen LogP contribution is -2.49. The molecule has 3 N–H and O–H groups in total. The van der Waals surface area contributed by atoms with E-state index in [9.17, 15) is 14.4 Å². The number of carbonyl (C=O) groups is 3. The molecular formula is C15H22N4O4. The Morgan fingerprint density at radius 1 is 1.22 bits per heavy atom. The molecule has 0 saturated carbocycles. The van der Waals surface area contributed by atoms with Crippen LogP contribution in [0.3, 0.4) is 0 Å². The van der Waals surface area contributed by atoms with Gasteiger partial charge in [0.1, 0.15) is 5.75 Å². The van der Waals surface area contributed by atoms with Gasteiger partial charge >= 0.3 is 6.03 Å². The Balaban J connectivity index is 2.51. The highest BCUT2D eigenvalue weighted by atomic mass is 16.5. The highest BCUT2D eigenvalue weighted by molar-refractivity contribution is 5.97. The van der Waals surface area contributed by atoms with Crippen LogP contribution >= 0.6 is 0 Å². The zero-order valence-electron chi connectivity index (χ0n) is 13.7. The monoisotopic (exact) mass is 322 g/mol. The zero-order chi connectivity index (χ0) is 17.4. The molecule has 0 aromatic heterocycles. The first-order chi connectivity index (χ1) is 10.9. The van der Waals surface area contributed by atoms with Crippen molar-refractivity contribution < 1.29 is 19.1 Å². The van der Waals surface area contributed by atoms with Crippen molar-refractivity contribution in [2.75, 3.05) is 33.1 Å². The van der Waals surface area contributed by atoms with E-state index in [-0.39, 0.29) is 12.5 Å². The number of nitrogens with one attached hydrogen (secondary N) is 3. The molecule has 4 amide bonds. The van der Waals surface area contributed by atoms with Gasteiger partial charge in [0.05, 0.1) is 19.7 Å². The van der Waals surface area contributed by atoms with Crippen LogP contribution < -0.4 is 20.7 Å². The molecule has 1 aromatic rings. The van der Waals surface area contributed by atoms with E-state index in [2.05, 4.69) is 16.0 Å². The third-order valence-corrected chi connectivity index (χ3v) is 3.27. The molecule has 1 aromatic carbocycles. The molecule has 0 bridgehead atoms. The van der Waals surface area contributed by atoms with Crippen molar-refractivity contribution in [2.24, 2.45) is 0 Å². The van der Waals surface area contributed by atoms with Gasteiger partial charge in [0.25, 0.3) is 0 Å². The Bertz CT molecular complexity index is 559. The molecule has 0 aliphatic carbocycles. The predicted molar refractivity (Wildman–Crippen MR) is 86.3 cm³/mol. The number of hydrogen-bond acceptors (Lipinski definition) is 5. The van der Waals surface area contributed by atoms with Crippen molar-refractivity contribution in [3.63, 3.8) is 0 Å². The van der Waals surface area contributed by atoms with Gasteiger partial charge in [-0.2, -0.15) is 0 Å². The molecule has 0 fully saturated rings. The van der Waals surface area contributed by atoms with E-state index >= 15 is 0 Å². The lowest BCUT2D eigenvalue weighted by atomic mass is 10.2. The number of carbonyl (C=O) groups excluding carboxylic acids is 3. The van der Waals surface area contributed by atoms with Gasteiger partial charge in [-0.25, -0.2) is 4.79 Å². The quantitative estimate of drug-likeness (QED) is 0.704. The van der Waals surface area contributed by atoms with Crippen LogP contribution in [-0.2, 0) is 9.59 Å². The molecular weight excluding hydrogens is 300 g/mol. The lowest BCUT2D eigenvalue weighted by molar-refractivity contribution is -0.125. The summed E-state index contributed by atoms with van der Waals surface area (Å²) in [5, 5.41) is 7.19. The molecule has 0 radical (unpaired) electrons. The summed E-state index contributed by atoms with van der Waals surface area (Å²) < 4.78 is 5.04. The Kier molecular flexibility index (Phi) is 7.01. The van der Waals surface area contributed by atoms with Crippen molar-refractivity contribution in [3.8, 4) is 5.75 Å². The predicted octanol–water partition coefficient (Wildman–Crippen LogP) is 0.410. The van der Waals surface area contributed by atoms with E-state index in [0.717, 1.165) is 0 Å². The molecule has 0 unspecified atom stereocenters. The number of ether oxygens (including phenoxy) is 1. The van der Waals surface area contributed by atoms with Crippen LogP contribution in [0, 0.1) is 0 Å². The fourth-order valence-electron chi connectivity index (χ4n) is 1.72. The Hall–Kier alpha value is -2.61. The molecule has 1 atom stereocenters. The molecule has 0 spiro atoms. The first-order valence-electron chi connectivity index (χ1n) is 7.04. The summed E-state index contributed by atoms with van der Waals surface area (Å²) in [6.45, 7) is 1.62. The summed E-state index contributed by atoms with van der Waals surface area (Å²) in [5.41, 5.74) is 0.631. The van der Waals surface area contributed by atoms with Crippen LogP contribution in [0.4, 0.5) is 10.5 Å². The van der Waals surface area contributed by atoms with E-state index < -0.39 is 18.0 Å². The van der Waals surface area contributed by atoms with E-state index in [1.54, 1.807) is 45.3 Å². The van der Waals surface area contributed by atoms with Gasteiger partial charge < -0.3 is 15.4 Å². The van der Waals surface area contributed by atoms with Crippen LogP contribution in [0.15, 0.2) is 24.3 Å². The first kappa shape index (κ1) is 18.4. The smallest absolute Gasteiger partial charge is 0.321 e. The topological polar surface area (TPSA) is 99.8 Å². The fraction of sp³-hybridized carbons (Fsp3) is 0.400. The highest BCUT2D eigenvalue weighted by Gasteiger charge is 2.21. The SMILES string of the molecule is CNC(=O)NC(=O)[C@@H](C)N(C)CC(=O)Nc1ccc(OC)cc1. The maximum atomic E-state index is 12.0. The van der Waals surface area contributed by atoms with Gasteiger partial charge in [0, 0.05) is 12.7 Å². The number of nitrogens with zero attached hydrogens (tertiary/aromatic N) is 1. The van der Waals surface area contributed by atoms with Crippen molar-refractivity contribution >= 4 is 23.5 Å². The molecule has 0 aliphatic heterocycles. The maximum Gasteiger partial charge on any atom is 0.321 e. The van der Waals surface area contributed by atoms with E-state index in [0.29, 0.717) is 11.4 Å². The van der Waals surface area contributed by atoms with Gasteiger partial charge in [-0.3, -0.25) is 19.8 Å². The average Bonchev–Trinajstić information content (AvgIpc) is 2.54. The van der Waals surface area contributed by atoms with Crippen LogP contribution in [0.2, 0.25) is 0 Å². The molecule has 1 rings (SSSR count). The van der Waals surface area contributed by atoms with Gasteiger partial charge in [0.2, 0.25) is 11.8 Å². The Labute approximate surface area is 135 Å². The molecule has 0 aliphatic rings. The van der Waals surface area contributed by atoms with Crippen LogP contribution in [0.5, 0.6) is 5.75 Å². The van der Waals surface area contributed by atoms with E-state index in [4.69, 9.17) is 4.74 Å². The number of amides is 4. The second-order valence-corrected chi connectivity index (χ2v) is 4.94. The number of hydrogen-bond donors (Lipinski definition) is 3. The third kappa shape index (κ3) is 5.95. The number of imide groups is 1. The largest absolute Gasteiger partial charge is 0.497 e. The molecule has 8 nitrogen and oxygen atoms in total.